The average Bonchev–Trinajstić information content (AvgIpc) is 3.16. The van der Waals surface area contributed by atoms with E-state index >= 15 is 0 Å². The predicted octanol–water partition coefficient (Wildman–Crippen LogP) is 2.68. The minimum Gasteiger partial charge on any atom is -0.459 e. The second-order valence-electron chi connectivity index (χ2n) is 12.2. The molecule has 1 N–H and O–H groups in total. The minimum atomic E-state index is -0.640. The van der Waals surface area contributed by atoms with Crippen LogP contribution < -0.4 is 0 Å². The first kappa shape index (κ1) is 18.8. The minimum absolute atomic E-state index is 0.00123. The van der Waals surface area contributed by atoms with Gasteiger partial charge in [0.25, 0.3) is 0 Å². The van der Waals surface area contributed by atoms with Crippen molar-refractivity contribution in [2.75, 3.05) is 13.2 Å². The lowest BCUT2D eigenvalue weighted by molar-refractivity contribution is -0.447. The van der Waals surface area contributed by atoms with Crippen molar-refractivity contribution in [3.05, 3.63) is 0 Å². The lowest BCUT2D eigenvalue weighted by atomic mass is 9.31. The summed E-state index contributed by atoms with van der Waals surface area (Å²) in [5.74, 6) is 1.01. The number of carbonyl (C=O) groups excluding carboxylic acids is 1. The number of nitrogens with zero attached hydrogens (tertiary/aromatic N) is 1. The molecule has 4 saturated heterocycles. The van der Waals surface area contributed by atoms with Crippen LogP contribution in [0.5, 0.6) is 0 Å². The summed E-state index contributed by atoms with van der Waals surface area (Å²) in [4.78, 5) is 14.8. The third-order valence-electron chi connectivity index (χ3n) is 11.0. The smallest absolute Gasteiger partial charge is 0.303 e. The second-order valence-corrected chi connectivity index (χ2v) is 12.2. The topological polar surface area (TPSA) is 68.2 Å². The van der Waals surface area contributed by atoms with Crippen molar-refractivity contribution in [3.8, 4) is 0 Å². The molecular formula is C24H35NO5. The third-order valence-corrected chi connectivity index (χ3v) is 11.0. The maximum absolute atomic E-state index is 12.3. The van der Waals surface area contributed by atoms with E-state index in [0.717, 1.165) is 51.7 Å². The Kier molecular flexibility index (Phi) is 3.42. The van der Waals surface area contributed by atoms with Crippen LogP contribution in [0.3, 0.4) is 0 Å². The maximum atomic E-state index is 12.3. The standard InChI is InChI=1S/C24H35NO5/c1-13(26)29-16-17-21(2)6-4-7-24(17)15-11-14-5-8-23(15,12-22(14,3)27)18(16)30-20(24)25-9-10-28-19(21)25/h14-20,27H,4-12H2,1-3H3/t14-,15+,16+,17+,18+,19+,20?,21+,22+,23+,24+/m0/s1. The molecule has 9 rings (SSSR count). The number of fused-ring (bicyclic) bond motifs is 4. The van der Waals surface area contributed by atoms with E-state index in [1.807, 2.05) is 6.92 Å². The maximum Gasteiger partial charge on any atom is 0.303 e. The van der Waals surface area contributed by atoms with Crippen LogP contribution in [0, 0.1) is 34.0 Å². The van der Waals surface area contributed by atoms with Crippen LogP contribution in [0.2, 0.25) is 0 Å². The average molecular weight is 418 g/mol. The van der Waals surface area contributed by atoms with Gasteiger partial charge in [-0.25, -0.2) is 4.90 Å². The summed E-state index contributed by atoms with van der Waals surface area (Å²) < 4.78 is 19.6. The Labute approximate surface area is 178 Å². The molecule has 6 nitrogen and oxygen atoms in total. The highest BCUT2D eigenvalue weighted by Crippen LogP contribution is 2.80. The Morgan fingerprint density at radius 1 is 1.20 bits per heavy atom. The number of aliphatic hydroxyl groups is 1. The fourth-order valence-electron chi connectivity index (χ4n) is 10.5. The van der Waals surface area contributed by atoms with Gasteiger partial charge in [0.2, 0.25) is 0 Å². The summed E-state index contributed by atoms with van der Waals surface area (Å²) in [5.41, 5.74) is -0.730. The molecule has 0 aromatic carbocycles. The van der Waals surface area contributed by atoms with Crippen molar-refractivity contribution in [3.63, 3.8) is 0 Å². The molecule has 166 valence electrons. The van der Waals surface area contributed by atoms with Crippen molar-refractivity contribution < 1.29 is 24.1 Å². The van der Waals surface area contributed by atoms with Crippen LogP contribution in [-0.4, -0.2) is 59.4 Å². The van der Waals surface area contributed by atoms with Crippen LogP contribution in [0.1, 0.15) is 65.7 Å². The summed E-state index contributed by atoms with van der Waals surface area (Å²) in [5, 5.41) is 11.3. The molecule has 6 heteroatoms. The summed E-state index contributed by atoms with van der Waals surface area (Å²) in [6.45, 7) is 7.68. The first-order valence-corrected chi connectivity index (χ1v) is 12.2. The van der Waals surface area contributed by atoms with Gasteiger partial charge < -0.3 is 19.3 Å². The molecule has 9 aliphatic rings. The van der Waals surface area contributed by atoms with E-state index in [1.54, 1.807) is 6.92 Å². The zero-order valence-corrected chi connectivity index (χ0v) is 18.4. The highest BCUT2D eigenvalue weighted by molar-refractivity contribution is 5.66. The molecule has 4 aliphatic heterocycles. The van der Waals surface area contributed by atoms with Gasteiger partial charge >= 0.3 is 5.97 Å². The van der Waals surface area contributed by atoms with Crippen LogP contribution in [0.25, 0.3) is 0 Å². The molecule has 0 aromatic rings. The van der Waals surface area contributed by atoms with E-state index in [9.17, 15) is 9.90 Å². The van der Waals surface area contributed by atoms with Gasteiger partial charge in [0.05, 0.1) is 12.2 Å². The van der Waals surface area contributed by atoms with E-state index in [4.69, 9.17) is 14.2 Å². The van der Waals surface area contributed by atoms with E-state index in [0.29, 0.717) is 11.8 Å². The zero-order valence-electron chi connectivity index (χ0n) is 18.4. The van der Waals surface area contributed by atoms with Gasteiger partial charge in [-0.2, -0.15) is 0 Å². The molecule has 7 bridgehead atoms. The molecular weight excluding hydrogens is 382 g/mol. The number of carbonyl (C=O) groups is 1. The van der Waals surface area contributed by atoms with Crippen LogP contribution in [-0.2, 0) is 19.0 Å². The SMILES string of the molecule is CC(=O)O[C@H]1[C@H]2OC3N4CCO[C@@H]4[C@]4(C)CCC[C@]3([C@H]14)[C@@H]1C[C@@H]3CC[C@]21C[C@@]3(C)O. The van der Waals surface area contributed by atoms with Crippen molar-refractivity contribution in [2.45, 2.75) is 96.0 Å². The van der Waals surface area contributed by atoms with Crippen molar-refractivity contribution in [1.29, 1.82) is 0 Å². The Morgan fingerprint density at radius 3 is 2.80 bits per heavy atom. The quantitative estimate of drug-likeness (QED) is 0.662. The Bertz CT molecular complexity index is 815. The van der Waals surface area contributed by atoms with E-state index in [1.165, 1.54) is 6.42 Å². The fraction of sp³-hybridized carbons (Fsp3) is 0.958. The van der Waals surface area contributed by atoms with Gasteiger partial charge in [0, 0.05) is 35.6 Å². The van der Waals surface area contributed by atoms with E-state index in [-0.39, 0.29) is 52.8 Å². The summed E-state index contributed by atoms with van der Waals surface area (Å²) in [7, 11) is 0. The molecule has 4 heterocycles. The van der Waals surface area contributed by atoms with E-state index in [2.05, 4.69) is 11.8 Å². The van der Waals surface area contributed by atoms with Crippen LogP contribution >= 0.6 is 0 Å². The Morgan fingerprint density at radius 2 is 2.03 bits per heavy atom. The van der Waals surface area contributed by atoms with Crippen LogP contribution in [0.15, 0.2) is 0 Å². The fourth-order valence-corrected chi connectivity index (χ4v) is 10.5. The monoisotopic (exact) mass is 417 g/mol. The molecule has 0 radical (unpaired) electrons. The number of hydrogen-bond acceptors (Lipinski definition) is 6. The molecule has 0 amide bonds. The van der Waals surface area contributed by atoms with Gasteiger partial charge in [-0.05, 0) is 57.3 Å². The first-order valence-electron chi connectivity index (χ1n) is 12.2. The lowest BCUT2D eigenvalue weighted by Gasteiger charge is -2.81. The van der Waals surface area contributed by atoms with E-state index < -0.39 is 5.60 Å². The van der Waals surface area contributed by atoms with Gasteiger partial charge in [0.1, 0.15) is 24.7 Å². The van der Waals surface area contributed by atoms with Crippen molar-refractivity contribution in [2.24, 2.45) is 34.0 Å². The number of piperidine rings is 1. The second kappa shape index (κ2) is 5.44. The first-order chi connectivity index (χ1) is 14.2. The highest BCUT2D eigenvalue weighted by atomic mass is 16.6. The number of rotatable bonds is 1. The molecule has 1 unspecified atom stereocenters. The Balaban J connectivity index is 1.46. The zero-order chi connectivity index (χ0) is 20.7. The number of hydrogen-bond donors (Lipinski definition) is 1. The van der Waals surface area contributed by atoms with Gasteiger partial charge in [-0.3, -0.25) is 4.79 Å². The summed E-state index contributed by atoms with van der Waals surface area (Å²) >= 11 is 0. The van der Waals surface area contributed by atoms with Crippen molar-refractivity contribution in [1.82, 2.24) is 4.90 Å². The van der Waals surface area contributed by atoms with Gasteiger partial charge in [-0.15, -0.1) is 0 Å². The normalized spacial score (nSPS) is 62.7. The lowest BCUT2D eigenvalue weighted by Crippen LogP contribution is -2.86. The number of ether oxygens (including phenoxy) is 3. The largest absolute Gasteiger partial charge is 0.459 e. The summed E-state index contributed by atoms with van der Waals surface area (Å²) in [6, 6.07) is 0. The molecule has 30 heavy (non-hydrogen) atoms. The molecule has 9 fully saturated rings. The van der Waals surface area contributed by atoms with Crippen molar-refractivity contribution >= 4 is 5.97 Å². The summed E-state index contributed by atoms with van der Waals surface area (Å²) in [6.07, 6.45) is 7.30. The molecule has 2 spiro atoms. The number of esters is 1. The van der Waals surface area contributed by atoms with Crippen LogP contribution in [0.4, 0.5) is 0 Å². The molecule has 0 aromatic heterocycles. The van der Waals surface area contributed by atoms with Gasteiger partial charge in [0.15, 0.2) is 0 Å². The third kappa shape index (κ3) is 1.84. The molecule has 5 saturated carbocycles. The molecule has 11 atom stereocenters. The van der Waals surface area contributed by atoms with Gasteiger partial charge in [-0.1, -0.05) is 13.3 Å². The predicted molar refractivity (Wildman–Crippen MR) is 107 cm³/mol. The Hall–Kier alpha value is -0.690. The molecule has 5 aliphatic carbocycles. The highest BCUT2D eigenvalue weighted by Gasteiger charge is 2.83.